The largest absolute Gasteiger partial charge is 0.439 e. The van der Waals surface area contributed by atoms with Gasteiger partial charge in [0.2, 0.25) is 5.89 Å². The molecule has 0 fully saturated rings. The van der Waals surface area contributed by atoms with Crippen LogP contribution in [-0.2, 0) is 0 Å². The first-order valence-corrected chi connectivity index (χ1v) is 5.62. The molecular weight excluding hydrogens is 202 g/mol. The average Bonchev–Trinajstić information content (AvgIpc) is 2.68. The summed E-state index contributed by atoms with van der Waals surface area (Å²) in [5.74, 6) is 1.48. The minimum absolute atomic E-state index is 0.189. The lowest BCUT2D eigenvalue weighted by Crippen LogP contribution is -2.14. The van der Waals surface area contributed by atoms with Gasteiger partial charge in [0.25, 0.3) is 0 Å². The van der Waals surface area contributed by atoms with Gasteiger partial charge in [-0.3, -0.25) is 0 Å². The van der Waals surface area contributed by atoms with Crippen LogP contribution in [-0.4, -0.2) is 16.5 Å². The number of nitrogens with zero attached hydrogens (tertiary/aromatic N) is 2. The van der Waals surface area contributed by atoms with Gasteiger partial charge < -0.3 is 10.2 Å². The Morgan fingerprint density at radius 3 is 2.88 bits per heavy atom. The Labute approximate surface area is 94.9 Å². The second-order valence-electron chi connectivity index (χ2n) is 4.44. The van der Waals surface area contributed by atoms with E-state index in [9.17, 15) is 0 Å². The summed E-state index contributed by atoms with van der Waals surface area (Å²) in [6, 6.07) is 3.72. The molecule has 0 bridgehead atoms. The third-order valence-corrected chi connectivity index (χ3v) is 2.57. The Morgan fingerprint density at radius 1 is 1.44 bits per heavy atom. The molecule has 0 aliphatic heterocycles. The Kier molecular flexibility index (Phi) is 3.19. The summed E-state index contributed by atoms with van der Waals surface area (Å²) in [4.78, 5) is 8.53. The normalized spacial score (nSPS) is 13.5. The molecule has 1 unspecified atom stereocenters. The second-order valence-corrected chi connectivity index (χ2v) is 4.44. The van der Waals surface area contributed by atoms with Crippen LogP contribution in [0.25, 0.3) is 11.2 Å². The van der Waals surface area contributed by atoms with E-state index in [1.165, 1.54) is 0 Å². The zero-order valence-electron chi connectivity index (χ0n) is 9.68. The molecule has 2 N–H and O–H groups in total. The van der Waals surface area contributed by atoms with E-state index in [0.29, 0.717) is 24.0 Å². The molecule has 2 heterocycles. The average molecular weight is 219 g/mol. The van der Waals surface area contributed by atoms with Gasteiger partial charge in [0.15, 0.2) is 11.2 Å². The summed E-state index contributed by atoms with van der Waals surface area (Å²) in [6.45, 7) is 4.90. The third kappa shape index (κ3) is 2.22. The monoisotopic (exact) mass is 219 g/mol. The van der Waals surface area contributed by atoms with Crippen molar-refractivity contribution in [2.24, 2.45) is 11.7 Å². The van der Waals surface area contributed by atoms with Crippen LogP contribution in [0.15, 0.2) is 22.7 Å². The zero-order chi connectivity index (χ0) is 11.5. The van der Waals surface area contributed by atoms with Gasteiger partial charge in [-0.05, 0) is 24.5 Å². The van der Waals surface area contributed by atoms with Crippen molar-refractivity contribution in [1.29, 1.82) is 0 Å². The molecule has 86 valence electrons. The molecule has 2 aromatic heterocycles. The molecule has 0 spiro atoms. The van der Waals surface area contributed by atoms with Gasteiger partial charge >= 0.3 is 0 Å². The van der Waals surface area contributed by atoms with Crippen LogP contribution in [0.3, 0.4) is 0 Å². The van der Waals surface area contributed by atoms with E-state index in [-0.39, 0.29) is 5.92 Å². The Hall–Kier alpha value is -1.42. The molecule has 4 nitrogen and oxygen atoms in total. The maximum absolute atomic E-state index is 5.75. The smallest absolute Gasteiger partial charge is 0.201 e. The predicted molar refractivity (Wildman–Crippen MR) is 63.1 cm³/mol. The van der Waals surface area contributed by atoms with Crippen molar-refractivity contribution in [2.45, 2.75) is 26.2 Å². The minimum atomic E-state index is 0.189. The lowest BCUT2D eigenvalue weighted by atomic mass is 9.97. The SMILES string of the molecule is CC(C)CC(CN)c1nc2ncccc2o1. The van der Waals surface area contributed by atoms with Crippen molar-refractivity contribution in [3.8, 4) is 0 Å². The Bertz CT molecular complexity index is 431. The number of nitrogens with two attached hydrogens (primary N) is 1. The highest BCUT2D eigenvalue weighted by molar-refractivity contribution is 5.66. The van der Waals surface area contributed by atoms with Crippen LogP contribution in [0.5, 0.6) is 0 Å². The fraction of sp³-hybridized carbons (Fsp3) is 0.500. The van der Waals surface area contributed by atoms with Gasteiger partial charge in [0, 0.05) is 18.7 Å². The standard InChI is InChI=1S/C12H17N3O/c1-8(2)6-9(7-13)12-15-11-10(16-12)4-3-5-14-11/h3-5,8-9H,6-7,13H2,1-2H3. The van der Waals surface area contributed by atoms with Gasteiger partial charge in [-0.1, -0.05) is 13.8 Å². The van der Waals surface area contributed by atoms with Crippen molar-refractivity contribution in [2.75, 3.05) is 6.54 Å². The molecule has 0 amide bonds. The highest BCUT2D eigenvalue weighted by Crippen LogP contribution is 2.24. The molecule has 0 saturated heterocycles. The zero-order valence-corrected chi connectivity index (χ0v) is 9.68. The number of hydrogen-bond acceptors (Lipinski definition) is 4. The first kappa shape index (κ1) is 11.1. The van der Waals surface area contributed by atoms with Crippen molar-refractivity contribution in [3.05, 3.63) is 24.2 Å². The van der Waals surface area contributed by atoms with E-state index < -0.39 is 0 Å². The maximum atomic E-state index is 5.75. The fourth-order valence-electron chi connectivity index (χ4n) is 1.83. The van der Waals surface area contributed by atoms with Crippen molar-refractivity contribution in [1.82, 2.24) is 9.97 Å². The van der Waals surface area contributed by atoms with E-state index in [2.05, 4.69) is 23.8 Å². The summed E-state index contributed by atoms with van der Waals surface area (Å²) in [5, 5.41) is 0. The quantitative estimate of drug-likeness (QED) is 0.857. The topological polar surface area (TPSA) is 64.9 Å². The first-order valence-electron chi connectivity index (χ1n) is 5.62. The molecule has 0 aliphatic carbocycles. The van der Waals surface area contributed by atoms with Gasteiger partial charge in [0.05, 0.1) is 0 Å². The summed E-state index contributed by atoms with van der Waals surface area (Å²) < 4.78 is 5.67. The number of oxazole rings is 1. The molecule has 2 rings (SSSR count). The Morgan fingerprint density at radius 2 is 2.25 bits per heavy atom. The van der Waals surface area contributed by atoms with E-state index in [0.717, 1.165) is 12.0 Å². The van der Waals surface area contributed by atoms with Crippen molar-refractivity contribution >= 4 is 11.2 Å². The maximum Gasteiger partial charge on any atom is 0.201 e. The van der Waals surface area contributed by atoms with Crippen LogP contribution >= 0.6 is 0 Å². The summed E-state index contributed by atoms with van der Waals surface area (Å²) >= 11 is 0. The van der Waals surface area contributed by atoms with Crippen LogP contribution in [0.2, 0.25) is 0 Å². The fourth-order valence-corrected chi connectivity index (χ4v) is 1.83. The summed E-state index contributed by atoms with van der Waals surface area (Å²) in [5.41, 5.74) is 7.16. The predicted octanol–water partition coefficient (Wildman–Crippen LogP) is 2.31. The highest BCUT2D eigenvalue weighted by atomic mass is 16.3. The van der Waals surface area contributed by atoms with E-state index >= 15 is 0 Å². The van der Waals surface area contributed by atoms with Gasteiger partial charge in [-0.2, -0.15) is 4.98 Å². The van der Waals surface area contributed by atoms with Crippen LogP contribution in [0.4, 0.5) is 0 Å². The molecule has 0 radical (unpaired) electrons. The number of aromatic nitrogens is 2. The number of pyridine rings is 1. The highest BCUT2D eigenvalue weighted by Gasteiger charge is 2.18. The molecule has 1 atom stereocenters. The molecule has 2 aromatic rings. The van der Waals surface area contributed by atoms with Crippen LogP contribution < -0.4 is 5.73 Å². The van der Waals surface area contributed by atoms with Gasteiger partial charge in [-0.25, -0.2) is 4.98 Å². The van der Waals surface area contributed by atoms with Gasteiger partial charge in [-0.15, -0.1) is 0 Å². The summed E-state index contributed by atoms with van der Waals surface area (Å²) in [7, 11) is 0. The number of hydrogen-bond donors (Lipinski definition) is 1. The molecule has 16 heavy (non-hydrogen) atoms. The van der Waals surface area contributed by atoms with Crippen molar-refractivity contribution in [3.63, 3.8) is 0 Å². The van der Waals surface area contributed by atoms with Crippen LogP contribution in [0, 0.1) is 5.92 Å². The number of rotatable bonds is 4. The lowest BCUT2D eigenvalue weighted by molar-refractivity contribution is 0.414. The Balaban J connectivity index is 2.30. The molecular formula is C12H17N3O. The molecule has 0 saturated carbocycles. The third-order valence-electron chi connectivity index (χ3n) is 2.57. The lowest BCUT2D eigenvalue weighted by Gasteiger charge is -2.12. The number of fused-ring (bicyclic) bond motifs is 1. The van der Waals surface area contributed by atoms with Crippen LogP contribution in [0.1, 0.15) is 32.1 Å². The molecule has 0 aliphatic rings. The second kappa shape index (κ2) is 4.61. The van der Waals surface area contributed by atoms with E-state index in [4.69, 9.17) is 10.2 Å². The minimum Gasteiger partial charge on any atom is -0.439 e. The van der Waals surface area contributed by atoms with E-state index in [1.54, 1.807) is 6.20 Å². The van der Waals surface area contributed by atoms with Crippen molar-refractivity contribution < 1.29 is 4.42 Å². The van der Waals surface area contributed by atoms with E-state index in [1.807, 2.05) is 12.1 Å². The molecule has 0 aromatic carbocycles. The first-order chi connectivity index (χ1) is 7.70. The molecule has 4 heteroatoms. The summed E-state index contributed by atoms with van der Waals surface area (Å²) in [6.07, 6.45) is 2.71. The van der Waals surface area contributed by atoms with Gasteiger partial charge in [0.1, 0.15) is 0 Å².